The SMILES string of the molecule is CC(C)(CCN)C(=O)c1ccc2c(c1)CCC2. The summed E-state index contributed by atoms with van der Waals surface area (Å²) in [4.78, 5) is 12.4. The van der Waals surface area contributed by atoms with E-state index < -0.39 is 0 Å². The molecule has 1 aliphatic carbocycles. The van der Waals surface area contributed by atoms with Gasteiger partial charge in [-0.25, -0.2) is 0 Å². The molecule has 2 heteroatoms. The van der Waals surface area contributed by atoms with Crippen molar-refractivity contribution in [3.05, 3.63) is 34.9 Å². The zero-order chi connectivity index (χ0) is 12.5. The zero-order valence-electron chi connectivity index (χ0n) is 10.8. The molecule has 1 aliphatic rings. The van der Waals surface area contributed by atoms with Gasteiger partial charge < -0.3 is 5.73 Å². The largest absolute Gasteiger partial charge is 0.330 e. The first-order valence-corrected chi connectivity index (χ1v) is 6.41. The topological polar surface area (TPSA) is 43.1 Å². The first-order chi connectivity index (χ1) is 8.04. The number of fused-ring (bicyclic) bond motifs is 1. The average molecular weight is 231 g/mol. The van der Waals surface area contributed by atoms with Crippen LogP contribution in [0.4, 0.5) is 0 Å². The highest BCUT2D eigenvalue weighted by atomic mass is 16.1. The van der Waals surface area contributed by atoms with Crippen LogP contribution < -0.4 is 5.73 Å². The molecule has 2 rings (SSSR count). The Labute approximate surface area is 103 Å². The van der Waals surface area contributed by atoms with Gasteiger partial charge in [0.05, 0.1) is 0 Å². The summed E-state index contributed by atoms with van der Waals surface area (Å²) in [5, 5.41) is 0. The molecule has 0 saturated heterocycles. The fourth-order valence-corrected chi connectivity index (χ4v) is 2.58. The molecule has 2 nitrogen and oxygen atoms in total. The maximum absolute atomic E-state index is 12.4. The fourth-order valence-electron chi connectivity index (χ4n) is 2.58. The van der Waals surface area contributed by atoms with Crippen molar-refractivity contribution in [1.82, 2.24) is 0 Å². The number of Topliss-reactive ketones (excluding diaryl/α,β-unsaturated/α-hetero) is 1. The van der Waals surface area contributed by atoms with Gasteiger partial charge in [-0.15, -0.1) is 0 Å². The van der Waals surface area contributed by atoms with Crippen LogP contribution >= 0.6 is 0 Å². The monoisotopic (exact) mass is 231 g/mol. The summed E-state index contributed by atoms with van der Waals surface area (Å²) in [6.45, 7) is 4.52. The predicted molar refractivity (Wildman–Crippen MR) is 70.2 cm³/mol. The Morgan fingerprint density at radius 1 is 1.29 bits per heavy atom. The Bertz CT molecular complexity index is 435. The van der Waals surface area contributed by atoms with E-state index in [1.54, 1.807) is 0 Å². The minimum absolute atomic E-state index is 0.220. The standard InChI is InChI=1S/C15H21NO/c1-15(2,8-9-16)14(17)13-7-6-11-4-3-5-12(11)10-13/h6-7,10H,3-5,8-9,16H2,1-2H3. The number of hydrogen-bond donors (Lipinski definition) is 1. The molecule has 0 bridgehead atoms. The van der Waals surface area contributed by atoms with Gasteiger partial charge in [0.25, 0.3) is 0 Å². The number of carbonyl (C=O) groups excluding carboxylic acids is 1. The second kappa shape index (κ2) is 4.61. The second-order valence-corrected chi connectivity index (χ2v) is 5.59. The number of ketones is 1. The first-order valence-electron chi connectivity index (χ1n) is 6.41. The Balaban J connectivity index is 2.26. The lowest BCUT2D eigenvalue weighted by atomic mass is 9.81. The number of carbonyl (C=O) groups is 1. The maximum atomic E-state index is 12.4. The molecule has 0 aromatic heterocycles. The predicted octanol–water partition coefficient (Wildman–Crippen LogP) is 2.73. The van der Waals surface area contributed by atoms with Gasteiger partial charge in [-0.3, -0.25) is 4.79 Å². The number of benzene rings is 1. The van der Waals surface area contributed by atoms with E-state index in [2.05, 4.69) is 12.1 Å². The van der Waals surface area contributed by atoms with Gasteiger partial charge in [-0.05, 0) is 49.4 Å². The van der Waals surface area contributed by atoms with Gasteiger partial charge in [-0.1, -0.05) is 26.0 Å². The van der Waals surface area contributed by atoms with Crippen LogP contribution in [0, 0.1) is 5.41 Å². The Hall–Kier alpha value is -1.15. The molecule has 2 N–H and O–H groups in total. The highest BCUT2D eigenvalue weighted by Crippen LogP contribution is 2.28. The number of aryl methyl sites for hydroxylation is 2. The van der Waals surface area contributed by atoms with Gasteiger partial charge in [0.2, 0.25) is 0 Å². The van der Waals surface area contributed by atoms with Crippen LogP contribution in [0.1, 0.15) is 48.2 Å². The number of hydrogen-bond acceptors (Lipinski definition) is 2. The first kappa shape index (κ1) is 12.3. The summed E-state index contributed by atoms with van der Waals surface area (Å²) in [7, 11) is 0. The smallest absolute Gasteiger partial charge is 0.168 e. The molecule has 0 unspecified atom stereocenters. The van der Waals surface area contributed by atoms with Crippen molar-refractivity contribution in [1.29, 1.82) is 0 Å². The highest BCUT2D eigenvalue weighted by Gasteiger charge is 2.28. The minimum Gasteiger partial charge on any atom is -0.330 e. The van der Waals surface area contributed by atoms with Crippen LogP contribution in [-0.4, -0.2) is 12.3 Å². The lowest BCUT2D eigenvalue weighted by molar-refractivity contribution is 0.0829. The summed E-state index contributed by atoms with van der Waals surface area (Å²) in [6.07, 6.45) is 4.24. The van der Waals surface area contributed by atoms with Crippen molar-refractivity contribution < 1.29 is 4.79 Å². The quantitative estimate of drug-likeness (QED) is 0.810. The molecule has 92 valence electrons. The lowest BCUT2D eigenvalue weighted by Crippen LogP contribution is -2.27. The van der Waals surface area contributed by atoms with E-state index in [1.165, 1.54) is 17.5 Å². The molecular weight excluding hydrogens is 210 g/mol. The third-order valence-electron chi connectivity index (χ3n) is 3.74. The third kappa shape index (κ3) is 2.42. The van der Waals surface area contributed by atoms with Crippen molar-refractivity contribution in [2.45, 2.75) is 39.5 Å². The Morgan fingerprint density at radius 2 is 2.00 bits per heavy atom. The zero-order valence-corrected chi connectivity index (χ0v) is 10.8. The average Bonchev–Trinajstić information content (AvgIpc) is 2.74. The Kier molecular flexibility index (Phi) is 3.34. The third-order valence-corrected chi connectivity index (χ3v) is 3.74. The van der Waals surface area contributed by atoms with Gasteiger partial charge in [0.1, 0.15) is 0 Å². The molecular formula is C15H21NO. The Morgan fingerprint density at radius 3 is 2.71 bits per heavy atom. The van der Waals surface area contributed by atoms with Crippen LogP contribution in [0.5, 0.6) is 0 Å². The summed E-state index contributed by atoms with van der Waals surface area (Å²) in [5.74, 6) is 0.220. The number of rotatable bonds is 4. The van der Waals surface area contributed by atoms with E-state index in [9.17, 15) is 4.79 Å². The molecule has 0 fully saturated rings. The van der Waals surface area contributed by atoms with Crippen molar-refractivity contribution in [2.24, 2.45) is 11.1 Å². The normalized spacial score (nSPS) is 14.8. The maximum Gasteiger partial charge on any atom is 0.168 e. The van der Waals surface area contributed by atoms with Crippen LogP contribution in [0.25, 0.3) is 0 Å². The summed E-state index contributed by atoms with van der Waals surface area (Å²) in [6, 6.07) is 6.18. The molecule has 1 aromatic rings. The van der Waals surface area contributed by atoms with Crippen LogP contribution in [-0.2, 0) is 12.8 Å². The highest BCUT2D eigenvalue weighted by molar-refractivity contribution is 6.00. The van der Waals surface area contributed by atoms with E-state index in [4.69, 9.17) is 5.73 Å². The molecule has 0 radical (unpaired) electrons. The van der Waals surface area contributed by atoms with Crippen molar-refractivity contribution in [3.8, 4) is 0 Å². The molecule has 17 heavy (non-hydrogen) atoms. The summed E-state index contributed by atoms with van der Waals surface area (Å²) >= 11 is 0. The van der Waals surface area contributed by atoms with E-state index in [-0.39, 0.29) is 11.2 Å². The van der Waals surface area contributed by atoms with Crippen molar-refractivity contribution in [2.75, 3.05) is 6.54 Å². The van der Waals surface area contributed by atoms with Gasteiger partial charge in [-0.2, -0.15) is 0 Å². The van der Waals surface area contributed by atoms with Gasteiger partial charge in [0, 0.05) is 11.0 Å². The van der Waals surface area contributed by atoms with E-state index in [0.29, 0.717) is 6.54 Å². The molecule has 0 atom stereocenters. The van der Waals surface area contributed by atoms with E-state index in [1.807, 2.05) is 19.9 Å². The van der Waals surface area contributed by atoms with Crippen LogP contribution in [0.3, 0.4) is 0 Å². The summed E-state index contributed by atoms with van der Waals surface area (Å²) in [5.41, 5.74) is 8.85. The molecule has 1 aromatic carbocycles. The van der Waals surface area contributed by atoms with Crippen LogP contribution in [0.2, 0.25) is 0 Å². The molecule has 0 amide bonds. The second-order valence-electron chi connectivity index (χ2n) is 5.59. The molecule has 0 heterocycles. The van der Waals surface area contributed by atoms with Crippen molar-refractivity contribution in [3.63, 3.8) is 0 Å². The van der Waals surface area contributed by atoms with E-state index in [0.717, 1.165) is 24.8 Å². The minimum atomic E-state index is -0.346. The van der Waals surface area contributed by atoms with Gasteiger partial charge >= 0.3 is 0 Å². The van der Waals surface area contributed by atoms with Gasteiger partial charge in [0.15, 0.2) is 5.78 Å². The number of nitrogens with two attached hydrogens (primary N) is 1. The summed E-state index contributed by atoms with van der Waals surface area (Å²) < 4.78 is 0. The molecule has 0 spiro atoms. The molecule has 0 aliphatic heterocycles. The lowest BCUT2D eigenvalue weighted by Gasteiger charge is -2.22. The molecule has 0 saturated carbocycles. The van der Waals surface area contributed by atoms with Crippen LogP contribution in [0.15, 0.2) is 18.2 Å². The fraction of sp³-hybridized carbons (Fsp3) is 0.533. The van der Waals surface area contributed by atoms with Crippen molar-refractivity contribution >= 4 is 5.78 Å². The van der Waals surface area contributed by atoms with E-state index >= 15 is 0 Å².